The van der Waals surface area contributed by atoms with Crippen LogP contribution in [0, 0.1) is 0 Å². The van der Waals surface area contributed by atoms with Gasteiger partial charge >= 0.3 is 0 Å². The molecule has 0 aliphatic rings. The zero-order valence-electron chi connectivity index (χ0n) is 18.7. The normalized spacial score (nSPS) is 10.3. The molecule has 0 saturated carbocycles. The van der Waals surface area contributed by atoms with Gasteiger partial charge in [-0.1, -0.05) is 42.5 Å². The molecule has 3 aromatic carbocycles. The van der Waals surface area contributed by atoms with Crippen molar-refractivity contribution in [1.29, 1.82) is 0 Å². The third-order valence-corrected chi connectivity index (χ3v) is 5.01. The van der Waals surface area contributed by atoms with E-state index in [0.717, 1.165) is 16.7 Å². The van der Waals surface area contributed by atoms with Crippen LogP contribution in [0.5, 0.6) is 23.0 Å². The molecule has 3 rings (SSSR count). The van der Waals surface area contributed by atoms with Crippen molar-refractivity contribution in [1.82, 2.24) is 5.32 Å². The van der Waals surface area contributed by atoms with E-state index in [2.05, 4.69) is 5.32 Å². The summed E-state index contributed by atoms with van der Waals surface area (Å²) in [6.45, 7) is 1.00. The topological polar surface area (TPSA) is 66.0 Å². The van der Waals surface area contributed by atoms with Crippen LogP contribution in [0.4, 0.5) is 0 Å². The summed E-state index contributed by atoms with van der Waals surface area (Å²) in [5.41, 5.74) is 3.01. The summed E-state index contributed by atoms with van der Waals surface area (Å²) >= 11 is 0. The lowest BCUT2D eigenvalue weighted by Crippen LogP contribution is -2.27. The van der Waals surface area contributed by atoms with E-state index in [-0.39, 0.29) is 12.3 Å². The van der Waals surface area contributed by atoms with Crippen LogP contribution in [-0.2, 0) is 24.2 Å². The van der Waals surface area contributed by atoms with E-state index >= 15 is 0 Å². The van der Waals surface area contributed by atoms with Crippen LogP contribution in [0.2, 0.25) is 0 Å². The number of carbonyl (C=O) groups excluding carboxylic acids is 1. The maximum atomic E-state index is 12.3. The van der Waals surface area contributed by atoms with E-state index in [1.807, 2.05) is 60.7 Å². The minimum absolute atomic E-state index is 0.0491. The zero-order chi connectivity index (χ0) is 22.8. The van der Waals surface area contributed by atoms with Gasteiger partial charge in [-0.15, -0.1) is 0 Å². The highest BCUT2D eigenvalue weighted by molar-refractivity contribution is 5.78. The van der Waals surface area contributed by atoms with Crippen molar-refractivity contribution in [3.8, 4) is 23.0 Å². The Kier molecular flexibility index (Phi) is 8.37. The predicted molar refractivity (Wildman–Crippen MR) is 124 cm³/mol. The molecule has 0 unspecified atom stereocenters. The van der Waals surface area contributed by atoms with E-state index in [9.17, 15) is 4.79 Å². The number of hydrogen-bond donors (Lipinski definition) is 1. The molecule has 3 aromatic rings. The number of benzene rings is 3. The van der Waals surface area contributed by atoms with Crippen LogP contribution in [0.25, 0.3) is 0 Å². The zero-order valence-corrected chi connectivity index (χ0v) is 18.7. The van der Waals surface area contributed by atoms with Crippen LogP contribution >= 0.6 is 0 Å². The third kappa shape index (κ3) is 6.41. The molecule has 168 valence electrons. The first-order valence-corrected chi connectivity index (χ1v) is 10.4. The molecule has 0 atom stereocenters. The highest BCUT2D eigenvalue weighted by Gasteiger charge is 2.10. The van der Waals surface area contributed by atoms with Crippen molar-refractivity contribution in [2.24, 2.45) is 0 Å². The molecule has 0 fully saturated rings. The standard InChI is InChI=1S/C26H29NO5/c1-29-22-11-10-21(16-24(22)30-2)17-26(28)27-14-13-19-9-12-23(25(15-19)31-3)32-18-20-7-5-4-6-8-20/h4-12,15-16H,13-14,17-18H2,1-3H3,(H,27,28). The minimum Gasteiger partial charge on any atom is -0.493 e. The maximum absolute atomic E-state index is 12.3. The fourth-order valence-corrected chi connectivity index (χ4v) is 3.31. The van der Waals surface area contributed by atoms with Crippen LogP contribution in [0.3, 0.4) is 0 Å². The fourth-order valence-electron chi connectivity index (χ4n) is 3.31. The molecule has 0 aliphatic heterocycles. The highest BCUT2D eigenvalue weighted by Crippen LogP contribution is 2.29. The van der Waals surface area contributed by atoms with Gasteiger partial charge in [0, 0.05) is 6.54 Å². The summed E-state index contributed by atoms with van der Waals surface area (Å²) in [6, 6.07) is 21.3. The molecule has 32 heavy (non-hydrogen) atoms. The van der Waals surface area contributed by atoms with Crippen LogP contribution in [0.1, 0.15) is 16.7 Å². The van der Waals surface area contributed by atoms with Crippen molar-refractivity contribution in [3.63, 3.8) is 0 Å². The van der Waals surface area contributed by atoms with Gasteiger partial charge < -0.3 is 24.3 Å². The van der Waals surface area contributed by atoms with Crippen LogP contribution in [-0.4, -0.2) is 33.8 Å². The summed E-state index contributed by atoms with van der Waals surface area (Å²) in [6.07, 6.45) is 0.961. The van der Waals surface area contributed by atoms with Crippen molar-refractivity contribution >= 4 is 5.91 Å². The second-order valence-corrected chi connectivity index (χ2v) is 7.23. The number of ether oxygens (including phenoxy) is 4. The van der Waals surface area contributed by atoms with Gasteiger partial charge in [-0.05, 0) is 47.4 Å². The molecular formula is C26H29NO5. The summed E-state index contributed by atoms with van der Waals surface area (Å²) < 4.78 is 21.9. The number of rotatable bonds is 11. The first-order valence-electron chi connectivity index (χ1n) is 10.4. The molecule has 0 spiro atoms. The lowest BCUT2D eigenvalue weighted by molar-refractivity contribution is -0.120. The molecule has 0 radical (unpaired) electrons. The molecule has 0 heterocycles. The molecular weight excluding hydrogens is 406 g/mol. The second kappa shape index (κ2) is 11.6. The minimum atomic E-state index is -0.0491. The highest BCUT2D eigenvalue weighted by atomic mass is 16.5. The lowest BCUT2D eigenvalue weighted by Gasteiger charge is -2.13. The van der Waals surface area contributed by atoms with Gasteiger partial charge in [0.2, 0.25) is 5.91 Å². The van der Waals surface area contributed by atoms with E-state index in [4.69, 9.17) is 18.9 Å². The van der Waals surface area contributed by atoms with Gasteiger partial charge in [-0.3, -0.25) is 4.79 Å². The van der Waals surface area contributed by atoms with Crippen LogP contribution in [0.15, 0.2) is 66.7 Å². The van der Waals surface area contributed by atoms with Gasteiger partial charge in [0.1, 0.15) is 6.61 Å². The SMILES string of the molecule is COc1ccc(CC(=O)NCCc2ccc(OCc3ccccc3)c(OC)c2)cc1OC. The molecule has 1 N–H and O–H groups in total. The van der Waals surface area contributed by atoms with E-state index in [1.165, 1.54) is 0 Å². The molecule has 6 heteroatoms. The monoisotopic (exact) mass is 435 g/mol. The lowest BCUT2D eigenvalue weighted by atomic mass is 10.1. The molecule has 0 aliphatic carbocycles. The Morgan fingerprint density at radius 2 is 1.34 bits per heavy atom. The number of nitrogens with one attached hydrogen (secondary N) is 1. The Morgan fingerprint density at radius 3 is 2.06 bits per heavy atom. The van der Waals surface area contributed by atoms with Gasteiger partial charge in [0.15, 0.2) is 23.0 Å². The summed E-state index contributed by atoms with van der Waals surface area (Å²) in [5.74, 6) is 2.57. The number of carbonyl (C=O) groups is 1. The average Bonchev–Trinajstić information content (AvgIpc) is 2.83. The Bertz CT molecular complexity index is 1020. The summed E-state index contributed by atoms with van der Waals surface area (Å²) in [7, 11) is 4.79. The third-order valence-electron chi connectivity index (χ3n) is 5.01. The molecule has 6 nitrogen and oxygen atoms in total. The predicted octanol–water partition coefficient (Wildman–Crippen LogP) is 4.19. The van der Waals surface area contributed by atoms with E-state index in [0.29, 0.717) is 42.6 Å². The second-order valence-electron chi connectivity index (χ2n) is 7.23. The quantitative estimate of drug-likeness (QED) is 0.489. The summed E-state index contributed by atoms with van der Waals surface area (Å²) in [5, 5.41) is 2.96. The Labute approximate surface area is 189 Å². The molecule has 0 aromatic heterocycles. The van der Waals surface area contributed by atoms with Gasteiger partial charge in [-0.25, -0.2) is 0 Å². The van der Waals surface area contributed by atoms with Crippen molar-refractivity contribution in [2.45, 2.75) is 19.4 Å². The van der Waals surface area contributed by atoms with E-state index in [1.54, 1.807) is 27.4 Å². The van der Waals surface area contributed by atoms with Crippen LogP contribution < -0.4 is 24.3 Å². The molecule has 1 amide bonds. The Balaban J connectivity index is 1.50. The smallest absolute Gasteiger partial charge is 0.224 e. The van der Waals surface area contributed by atoms with E-state index < -0.39 is 0 Å². The number of methoxy groups -OCH3 is 3. The van der Waals surface area contributed by atoms with Gasteiger partial charge in [-0.2, -0.15) is 0 Å². The van der Waals surface area contributed by atoms with Crippen molar-refractivity contribution in [3.05, 3.63) is 83.4 Å². The first kappa shape index (κ1) is 23.0. The molecule has 0 saturated heterocycles. The first-order chi connectivity index (χ1) is 15.6. The fraction of sp³-hybridized carbons (Fsp3) is 0.269. The Morgan fingerprint density at radius 1 is 0.719 bits per heavy atom. The average molecular weight is 436 g/mol. The summed E-state index contributed by atoms with van der Waals surface area (Å²) in [4.78, 5) is 12.3. The van der Waals surface area contributed by atoms with Gasteiger partial charge in [0.25, 0.3) is 0 Å². The number of amides is 1. The van der Waals surface area contributed by atoms with Crippen molar-refractivity contribution in [2.75, 3.05) is 27.9 Å². The molecule has 0 bridgehead atoms. The number of hydrogen-bond acceptors (Lipinski definition) is 5. The largest absolute Gasteiger partial charge is 0.493 e. The Hall–Kier alpha value is -3.67. The van der Waals surface area contributed by atoms with Gasteiger partial charge in [0.05, 0.1) is 27.8 Å². The maximum Gasteiger partial charge on any atom is 0.224 e. The van der Waals surface area contributed by atoms with Crippen molar-refractivity contribution < 1.29 is 23.7 Å².